The van der Waals surface area contributed by atoms with Gasteiger partial charge in [-0.2, -0.15) is 0 Å². The molecule has 2 aromatic carbocycles. The largest absolute Gasteiger partial charge is 0.423 e. The molecule has 0 N–H and O–H groups in total. The number of hydrogen-bond acceptors (Lipinski definition) is 2. The lowest BCUT2D eigenvalue weighted by molar-refractivity contribution is 0.0181. The summed E-state index contributed by atoms with van der Waals surface area (Å²) in [5.41, 5.74) is 4.05. The van der Waals surface area contributed by atoms with Crippen molar-refractivity contribution in [1.29, 1.82) is 0 Å². The van der Waals surface area contributed by atoms with E-state index in [-0.39, 0.29) is 5.97 Å². The van der Waals surface area contributed by atoms with Crippen LogP contribution in [0.15, 0.2) is 48.5 Å². The fourth-order valence-electron chi connectivity index (χ4n) is 7.26. The van der Waals surface area contributed by atoms with Gasteiger partial charge < -0.3 is 4.74 Å². The Morgan fingerprint density at radius 3 is 2.66 bits per heavy atom. The molecular weight excluding hydrogens is 356 g/mol. The van der Waals surface area contributed by atoms with Crippen molar-refractivity contribution < 1.29 is 9.53 Å². The number of carbonyl (C=O) groups excluding carboxylic acids is 1. The van der Waals surface area contributed by atoms with Gasteiger partial charge in [-0.05, 0) is 103 Å². The van der Waals surface area contributed by atoms with Gasteiger partial charge in [0.25, 0.3) is 0 Å². The van der Waals surface area contributed by atoms with E-state index in [1.807, 2.05) is 24.3 Å². The predicted octanol–water partition coefficient (Wildman–Crippen LogP) is 6.64. The second kappa shape index (κ2) is 7.00. The van der Waals surface area contributed by atoms with E-state index in [4.69, 9.17) is 4.74 Å². The summed E-state index contributed by atoms with van der Waals surface area (Å²) in [5.74, 6) is 4.46. The van der Waals surface area contributed by atoms with Crippen LogP contribution in [0.4, 0.5) is 0 Å². The third kappa shape index (κ3) is 3.03. The van der Waals surface area contributed by atoms with E-state index >= 15 is 0 Å². The standard InChI is InChI=1S/C27H32O2/c1-17-15-18(2)27(3)14-13-23-22-12-10-21(16-20(22)9-11-24(23)25(17)27)29-26(28)19-7-5-4-6-8-19/h4-8,10,12,16-18,23-25H,9,11,13-15H2,1-3H3. The van der Waals surface area contributed by atoms with Crippen LogP contribution in [-0.2, 0) is 6.42 Å². The number of hydrogen-bond donors (Lipinski definition) is 0. The highest BCUT2D eigenvalue weighted by molar-refractivity contribution is 5.91. The van der Waals surface area contributed by atoms with E-state index in [2.05, 4.69) is 32.9 Å². The van der Waals surface area contributed by atoms with Crippen LogP contribution in [0.1, 0.15) is 73.9 Å². The van der Waals surface area contributed by atoms with Crippen molar-refractivity contribution >= 4 is 5.97 Å². The fraction of sp³-hybridized carbons (Fsp3) is 0.519. The lowest BCUT2D eigenvalue weighted by Crippen LogP contribution is -2.43. The summed E-state index contributed by atoms with van der Waals surface area (Å²) < 4.78 is 5.68. The average Bonchev–Trinajstić information content (AvgIpc) is 2.96. The molecule has 0 saturated heterocycles. The molecule has 2 heteroatoms. The van der Waals surface area contributed by atoms with E-state index < -0.39 is 0 Å². The molecule has 6 atom stereocenters. The second-order valence-electron chi connectivity index (χ2n) is 10.1. The van der Waals surface area contributed by atoms with Gasteiger partial charge >= 0.3 is 5.97 Å². The summed E-state index contributed by atoms with van der Waals surface area (Å²) in [6.07, 6.45) is 6.46. The highest BCUT2D eigenvalue weighted by Gasteiger charge is 2.56. The van der Waals surface area contributed by atoms with Crippen LogP contribution in [0.3, 0.4) is 0 Å². The van der Waals surface area contributed by atoms with E-state index in [1.165, 1.54) is 36.8 Å². The first-order valence-corrected chi connectivity index (χ1v) is 11.4. The zero-order valence-electron chi connectivity index (χ0n) is 17.9. The molecule has 0 bridgehead atoms. The average molecular weight is 389 g/mol. The number of rotatable bonds is 2. The minimum absolute atomic E-state index is 0.276. The number of benzene rings is 2. The minimum atomic E-state index is -0.276. The van der Waals surface area contributed by atoms with E-state index in [0.29, 0.717) is 22.6 Å². The molecule has 2 nitrogen and oxygen atoms in total. The Hall–Kier alpha value is -2.09. The van der Waals surface area contributed by atoms with Crippen LogP contribution < -0.4 is 4.74 Å². The molecule has 2 fully saturated rings. The van der Waals surface area contributed by atoms with Crippen LogP contribution in [0, 0.1) is 29.1 Å². The van der Waals surface area contributed by atoms with Gasteiger partial charge in [-0.15, -0.1) is 0 Å². The maximum atomic E-state index is 12.4. The molecule has 0 radical (unpaired) electrons. The van der Waals surface area contributed by atoms with E-state index in [9.17, 15) is 4.79 Å². The summed E-state index contributed by atoms with van der Waals surface area (Å²) in [4.78, 5) is 12.4. The van der Waals surface area contributed by atoms with Gasteiger partial charge in [0.05, 0.1) is 5.56 Å². The molecule has 2 aromatic rings. The molecule has 5 rings (SSSR count). The summed E-state index contributed by atoms with van der Waals surface area (Å²) >= 11 is 0. The zero-order valence-corrected chi connectivity index (χ0v) is 17.9. The van der Waals surface area contributed by atoms with Crippen LogP contribution in [-0.4, -0.2) is 5.97 Å². The zero-order chi connectivity index (χ0) is 20.2. The van der Waals surface area contributed by atoms with Crippen LogP contribution in [0.25, 0.3) is 0 Å². The summed E-state index contributed by atoms with van der Waals surface area (Å²) in [7, 11) is 0. The van der Waals surface area contributed by atoms with E-state index in [1.54, 1.807) is 12.1 Å². The number of carbonyl (C=O) groups is 1. The quantitative estimate of drug-likeness (QED) is 0.425. The normalized spacial score (nSPS) is 35.3. The lowest BCUT2D eigenvalue weighted by atomic mass is 9.53. The first-order chi connectivity index (χ1) is 14.0. The third-order valence-corrected chi connectivity index (χ3v) is 8.68. The van der Waals surface area contributed by atoms with Crippen LogP contribution in [0.2, 0.25) is 0 Å². The molecule has 29 heavy (non-hydrogen) atoms. The molecule has 3 aliphatic rings. The van der Waals surface area contributed by atoms with Gasteiger partial charge in [-0.25, -0.2) is 4.79 Å². The summed E-state index contributed by atoms with van der Waals surface area (Å²) in [5, 5.41) is 0. The van der Waals surface area contributed by atoms with Gasteiger partial charge in [0.1, 0.15) is 5.75 Å². The molecule has 2 saturated carbocycles. The fourth-order valence-corrected chi connectivity index (χ4v) is 7.26. The Labute approximate surface area is 174 Å². The maximum absolute atomic E-state index is 12.4. The first kappa shape index (κ1) is 18.9. The Bertz CT molecular complexity index is 917. The molecule has 0 aromatic heterocycles. The SMILES string of the molecule is CC1CC(C)C2(C)CCC3c4ccc(OC(=O)c5ccccc5)cc4CCC3C12. The third-order valence-electron chi connectivity index (χ3n) is 8.68. The number of aryl methyl sites for hydroxylation is 1. The smallest absolute Gasteiger partial charge is 0.343 e. The van der Waals surface area contributed by atoms with Crippen molar-refractivity contribution in [2.24, 2.45) is 29.1 Å². The van der Waals surface area contributed by atoms with Gasteiger partial charge in [0, 0.05) is 0 Å². The molecule has 152 valence electrons. The Morgan fingerprint density at radius 2 is 1.86 bits per heavy atom. The monoisotopic (exact) mass is 388 g/mol. The van der Waals surface area contributed by atoms with Crippen molar-refractivity contribution in [3.8, 4) is 5.75 Å². The minimum Gasteiger partial charge on any atom is -0.423 e. The summed E-state index contributed by atoms with van der Waals surface area (Å²) in [6.45, 7) is 7.56. The van der Waals surface area contributed by atoms with Gasteiger partial charge in [0.15, 0.2) is 0 Å². The van der Waals surface area contributed by atoms with Gasteiger partial charge in [0.2, 0.25) is 0 Å². The molecule has 3 aliphatic carbocycles. The highest BCUT2D eigenvalue weighted by atomic mass is 16.5. The Kier molecular flexibility index (Phi) is 4.57. The van der Waals surface area contributed by atoms with Crippen LogP contribution in [0.5, 0.6) is 5.75 Å². The highest BCUT2D eigenvalue weighted by Crippen LogP contribution is 2.64. The summed E-state index contributed by atoms with van der Waals surface area (Å²) in [6, 6.07) is 15.6. The van der Waals surface area contributed by atoms with Gasteiger partial charge in [-0.1, -0.05) is 45.0 Å². The van der Waals surface area contributed by atoms with Crippen molar-refractivity contribution in [2.75, 3.05) is 0 Å². The predicted molar refractivity (Wildman–Crippen MR) is 116 cm³/mol. The molecule has 0 aliphatic heterocycles. The van der Waals surface area contributed by atoms with Crippen molar-refractivity contribution in [1.82, 2.24) is 0 Å². The topological polar surface area (TPSA) is 26.3 Å². The Balaban J connectivity index is 1.39. The number of esters is 1. The molecule has 6 unspecified atom stereocenters. The number of ether oxygens (including phenoxy) is 1. The maximum Gasteiger partial charge on any atom is 0.343 e. The Morgan fingerprint density at radius 1 is 1.07 bits per heavy atom. The molecule has 0 amide bonds. The molecule has 0 spiro atoms. The van der Waals surface area contributed by atoms with Gasteiger partial charge in [-0.3, -0.25) is 0 Å². The molecule has 0 heterocycles. The van der Waals surface area contributed by atoms with Crippen molar-refractivity contribution in [3.63, 3.8) is 0 Å². The van der Waals surface area contributed by atoms with Crippen molar-refractivity contribution in [2.45, 2.75) is 58.8 Å². The van der Waals surface area contributed by atoms with Crippen molar-refractivity contribution in [3.05, 3.63) is 65.2 Å². The van der Waals surface area contributed by atoms with E-state index in [0.717, 1.165) is 30.1 Å². The number of fused-ring (bicyclic) bond motifs is 5. The van der Waals surface area contributed by atoms with Crippen LogP contribution >= 0.6 is 0 Å². The lowest BCUT2D eigenvalue weighted by Gasteiger charge is -2.51. The molecular formula is C27H32O2. The second-order valence-corrected chi connectivity index (χ2v) is 10.1. The first-order valence-electron chi connectivity index (χ1n) is 11.4.